The molecule has 0 N–H and O–H groups in total. The monoisotopic (exact) mass is 361 g/mol. The van der Waals surface area contributed by atoms with E-state index in [1.165, 1.54) is 39.1 Å². The molecule has 0 heterocycles. The van der Waals surface area contributed by atoms with Crippen LogP contribution in [0.2, 0.25) is 0 Å². The van der Waals surface area contributed by atoms with Gasteiger partial charge in [-0.2, -0.15) is 0 Å². The minimum atomic E-state index is 0.897. The average molecular weight is 361 g/mol. The maximum atomic E-state index is 2.52. The van der Waals surface area contributed by atoms with Crippen LogP contribution in [0.15, 0.2) is 103 Å². The first-order valence-electron chi connectivity index (χ1n) is 9.91. The van der Waals surface area contributed by atoms with Gasteiger partial charge in [-0.3, -0.25) is 0 Å². The Morgan fingerprint density at radius 1 is 0.536 bits per heavy atom. The molecule has 0 saturated heterocycles. The van der Waals surface area contributed by atoms with Crippen molar-refractivity contribution < 1.29 is 0 Å². The van der Waals surface area contributed by atoms with Crippen molar-refractivity contribution in [3.05, 3.63) is 125 Å². The smallest absolute Gasteiger partial charge is 0.0454 e. The van der Waals surface area contributed by atoms with Crippen LogP contribution >= 0.6 is 0 Å². The van der Waals surface area contributed by atoms with Crippen LogP contribution in [0.25, 0.3) is 11.1 Å². The quantitative estimate of drug-likeness (QED) is 0.347. The molecule has 1 aliphatic rings. The Hall–Kier alpha value is -3.32. The Bertz CT molecular complexity index is 1040. The lowest BCUT2D eigenvalue weighted by molar-refractivity contribution is 0.801. The molecule has 0 aromatic heterocycles. The number of hydrogen-bond donors (Lipinski definition) is 0. The lowest BCUT2D eigenvalue weighted by atomic mass is 10.0. The fraction of sp³-hybridized carbons (Fsp3) is 0.111. The normalized spacial score (nSPS) is 11.7. The van der Waals surface area contributed by atoms with Crippen molar-refractivity contribution in [2.75, 3.05) is 4.90 Å². The van der Waals surface area contributed by atoms with Crippen molar-refractivity contribution in [2.45, 2.75) is 19.5 Å². The van der Waals surface area contributed by atoms with Crippen LogP contribution in [0.3, 0.4) is 0 Å². The molecule has 0 fully saturated rings. The molecule has 4 aromatic carbocycles. The molecule has 0 amide bonds. The van der Waals surface area contributed by atoms with Gasteiger partial charge >= 0.3 is 0 Å². The number of fused-ring (bicyclic) bond motifs is 3. The summed E-state index contributed by atoms with van der Waals surface area (Å²) in [5.74, 6) is 0. The molecule has 1 heteroatoms. The van der Waals surface area contributed by atoms with E-state index < -0.39 is 0 Å². The standard InChI is InChI=1S/C27H23N/c1-3-10-21(11-4-1)19-28(20-22-12-5-2-6-13-22)26-17-9-15-24-18-23-14-7-8-16-25(23)27(24)26/h1-17H,18-20H2. The molecular formula is C27H23N. The first kappa shape index (κ1) is 16.8. The molecule has 5 rings (SSSR count). The molecule has 1 nitrogen and oxygen atoms in total. The van der Waals surface area contributed by atoms with Crippen molar-refractivity contribution in [1.29, 1.82) is 0 Å². The van der Waals surface area contributed by atoms with Gasteiger partial charge < -0.3 is 4.90 Å². The summed E-state index contributed by atoms with van der Waals surface area (Å²) in [7, 11) is 0. The fourth-order valence-corrected chi connectivity index (χ4v) is 4.27. The van der Waals surface area contributed by atoms with Crippen molar-refractivity contribution in [1.82, 2.24) is 0 Å². The van der Waals surface area contributed by atoms with Crippen molar-refractivity contribution in [3.8, 4) is 11.1 Å². The molecule has 1 aliphatic carbocycles. The van der Waals surface area contributed by atoms with Gasteiger partial charge in [0, 0.05) is 24.3 Å². The largest absolute Gasteiger partial charge is 0.362 e. The van der Waals surface area contributed by atoms with Gasteiger partial charge in [-0.1, -0.05) is 97.1 Å². The third-order valence-electron chi connectivity index (χ3n) is 5.57. The van der Waals surface area contributed by atoms with Crippen LogP contribution in [-0.4, -0.2) is 0 Å². The second kappa shape index (κ2) is 7.36. The van der Waals surface area contributed by atoms with E-state index in [9.17, 15) is 0 Å². The van der Waals surface area contributed by atoms with Crippen molar-refractivity contribution in [3.63, 3.8) is 0 Å². The second-order valence-corrected chi connectivity index (χ2v) is 7.47. The summed E-state index contributed by atoms with van der Waals surface area (Å²) >= 11 is 0. The highest BCUT2D eigenvalue weighted by molar-refractivity contribution is 5.87. The molecule has 0 radical (unpaired) electrons. The molecule has 0 atom stereocenters. The van der Waals surface area contributed by atoms with Crippen LogP contribution < -0.4 is 4.90 Å². The van der Waals surface area contributed by atoms with E-state index in [1.54, 1.807) is 0 Å². The van der Waals surface area contributed by atoms with Gasteiger partial charge in [-0.15, -0.1) is 0 Å². The summed E-state index contributed by atoms with van der Waals surface area (Å²) in [4.78, 5) is 2.52. The highest BCUT2D eigenvalue weighted by Crippen LogP contribution is 2.43. The van der Waals surface area contributed by atoms with Gasteiger partial charge in [0.2, 0.25) is 0 Å². The third-order valence-corrected chi connectivity index (χ3v) is 5.57. The summed E-state index contributed by atoms with van der Waals surface area (Å²) in [6.45, 7) is 1.79. The van der Waals surface area contributed by atoms with Gasteiger partial charge in [-0.05, 0) is 40.3 Å². The maximum absolute atomic E-state index is 2.52. The fourth-order valence-electron chi connectivity index (χ4n) is 4.27. The van der Waals surface area contributed by atoms with Gasteiger partial charge in [0.15, 0.2) is 0 Å². The predicted molar refractivity (Wildman–Crippen MR) is 117 cm³/mol. The van der Waals surface area contributed by atoms with Crippen LogP contribution in [0.4, 0.5) is 5.69 Å². The average Bonchev–Trinajstić information content (AvgIpc) is 3.14. The summed E-state index contributed by atoms with van der Waals surface area (Å²) < 4.78 is 0. The Morgan fingerprint density at radius 2 is 1.11 bits per heavy atom. The molecule has 0 aliphatic heterocycles. The molecule has 0 saturated carbocycles. The second-order valence-electron chi connectivity index (χ2n) is 7.47. The molecule has 4 aromatic rings. The van der Waals surface area contributed by atoms with E-state index in [0.717, 1.165) is 19.5 Å². The molecular weight excluding hydrogens is 338 g/mol. The Kier molecular flexibility index (Phi) is 4.42. The topological polar surface area (TPSA) is 3.24 Å². The minimum absolute atomic E-state index is 0.897. The van der Waals surface area contributed by atoms with E-state index in [1.807, 2.05) is 0 Å². The summed E-state index contributed by atoms with van der Waals surface area (Å²) in [5, 5.41) is 0. The minimum Gasteiger partial charge on any atom is -0.362 e. The first-order valence-corrected chi connectivity index (χ1v) is 9.91. The van der Waals surface area contributed by atoms with E-state index >= 15 is 0 Å². The van der Waals surface area contributed by atoms with Gasteiger partial charge in [0.25, 0.3) is 0 Å². The zero-order valence-corrected chi connectivity index (χ0v) is 15.9. The van der Waals surface area contributed by atoms with Crippen molar-refractivity contribution in [2.24, 2.45) is 0 Å². The van der Waals surface area contributed by atoms with E-state index in [2.05, 4.69) is 108 Å². The summed E-state index contributed by atoms with van der Waals surface area (Å²) in [5.41, 5.74) is 9.66. The van der Waals surface area contributed by atoms with Crippen LogP contribution in [0.5, 0.6) is 0 Å². The number of rotatable bonds is 5. The van der Waals surface area contributed by atoms with Crippen molar-refractivity contribution >= 4 is 5.69 Å². The highest BCUT2D eigenvalue weighted by Gasteiger charge is 2.23. The molecule has 0 spiro atoms. The van der Waals surface area contributed by atoms with Crippen LogP contribution in [0.1, 0.15) is 22.3 Å². The zero-order chi connectivity index (χ0) is 18.8. The van der Waals surface area contributed by atoms with E-state index in [4.69, 9.17) is 0 Å². The van der Waals surface area contributed by atoms with Crippen LogP contribution in [0, 0.1) is 0 Å². The third kappa shape index (κ3) is 3.20. The SMILES string of the molecule is c1ccc(CN(Cc2ccccc2)c2cccc3c2-c2ccccc2C3)cc1. The molecule has 0 bridgehead atoms. The molecule has 136 valence electrons. The lowest BCUT2D eigenvalue weighted by Gasteiger charge is -2.28. The number of anilines is 1. The first-order chi connectivity index (χ1) is 13.9. The Labute approximate surface area is 166 Å². The molecule has 0 unspecified atom stereocenters. The highest BCUT2D eigenvalue weighted by atomic mass is 15.1. The maximum Gasteiger partial charge on any atom is 0.0454 e. The lowest BCUT2D eigenvalue weighted by Crippen LogP contribution is -2.22. The Balaban J connectivity index is 1.60. The van der Waals surface area contributed by atoms with Gasteiger partial charge in [0.05, 0.1) is 0 Å². The van der Waals surface area contributed by atoms with Gasteiger partial charge in [-0.25, -0.2) is 0 Å². The van der Waals surface area contributed by atoms with Gasteiger partial charge in [0.1, 0.15) is 0 Å². The molecule has 28 heavy (non-hydrogen) atoms. The Morgan fingerprint density at radius 3 is 1.79 bits per heavy atom. The predicted octanol–water partition coefficient (Wildman–Crippen LogP) is 6.46. The summed E-state index contributed by atoms with van der Waals surface area (Å²) in [6, 6.07) is 37.2. The number of hydrogen-bond acceptors (Lipinski definition) is 1. The van der Waals surface area contributed by atoms with E-state index in [0.29, 0.717) is 0 Å². The van der Waals surface area contributed by atoms with E-state index in [-0.39, 0.29) is 0 Å². The number of nitrogens with zero attached hydrogens (tertiary/aromatic N) is 1. The summed E-state index contributed by atoms with van der Waals surface area (Å²) in [6.07, 6.45) is 1.03. The number of benzene rings is 4. The zero-order valence-electron chi connectivity index (χ0n) is 15.9. The van der Waals surface area contributed by atoms with Crippen LogP contribution in [-0.2, 0) is 19.5 Å².